The number of hydrogen-bond donors (Lipinski definition) is 0. The first-order valence-electron chi connectivity index (χ1n) is 3.63. The van der Waals surface area contributed by atoms with Gasteiger partial charge < -0.3 is 0 Å². The van der Waals surface area contributed by atoms with Crippen LogP contribution in [0, 0.1) is 0 Å². The molecule has 0 atom stereocenters. The minimum Gasteiger partial charge on any atom is -0.255 e. The highest BCUT2D eigenvalue weighted by molar-refractivity contribution is 8.74. The van der Waals surface area contributed by atoms with E-state index < -0.39 is 12.2 Å². The van der Waals surface area contributed by atoms with E-state index in [1.807, 2.05) is 0 Å². The molecule has 3 nitrogen and oxygen atoms in total. The van der Waals surface area contributed by atoms with E-state index in [1.165, 1.54) is 7.05 Å². The van der Waals surface area contributed by atoms with Crippen LogP contribution in [0.3, 0.4) is 0 Å². The summed E-state index contributed by atoms with van der Waals surface area (Å²) in [5, 5.41) is 0.451. The summed E-state index contributed by atoms with van der Waals surface area (Å²) in [5.41, 5.74) is 0. The van der Waals surface area contributed by atoms with Crippen molar-refractivity contribution in [3.8, 4) is 0 Å². The van der Waals surface area contributed by atoms with E-state index in [4.69, 9.17) is 46.4 Å². The van der Waals surface area contributed by atoms with Crippen molar-refractivity contribution >= 4 is 82.6 Å². The van der Waals surface area contributed by atoms with Gasteiger partial charge in [0.15, 0.2) is 0 Å². The van der Waals surface area contributed by atoms with Gasteiger partial charge in [-0.05, 0) is 12.1 Å². The molecule has 1 aromatic heterocycles. The van der Waals surface area contributed by atoms with E-state index in [0.717, 1.165) is 15.6 Å². The zero-order valence-corrected chi connectivity index (χ0v) is 13.1. The Balaban J connectivity index is 2.93. The molecule has 0 amide bonds. The Morgan fingerprint density at radius 3 is 2.31 bits per heavy atom. The number of hydrogen-bond acceptors (Lipinski definition) is 4. The molecule has 0 saturated heterocycles. The molecule has 10 heteroatoms. The molecule has 0 aliphatic rings. The van der Waals surface area contributed by atoms with Gasteiger partial charge in [0.1, 0.15) is 5.00 Å². The maximum atomic E-state index is 11.8. The van der Waals surface area contributed by atoms with E-state index in [2.05, 4.69) is 0 Å². The first-order chi connectivity index (χ1) is 7.12. The van der Waals surface area contributed by atoms with Crippen LogP contribution in [-0.4, -0.2) is 18.6 Å². The highest BCUT2D eigenvalue weighted by atomic mass is 35.6. The summed E-state index contributed by atoms with van der Waals surface area (Å²) in [6.45, 7) is 0. The Labute approximate surface area is 121 Å². The number of halogens is 4. The number of alkyl halides is 3. The van der Waals surface area contributed by atoms with Crippen molar-refractivity contribution < 1.29 is 8.42 Å². The van der Waals surface area contributed by atoms with Crippen LogP contribution < -0.4 is 4.31 Å². The fourth-order valence-corrected chi connectivity index (χ4v) is 6.28. The van der Waals surface area contributed by atoms with Crippen LogP contribution in [0.2, 0.25) is 4.34 Å². The van der Waals surface area contributed by atoms with Crippen LogP contribution in [0.5, 0.6) is 0 Å². The van der Waals surface area contributed by atoms with Crippen LogP contribution in [0.15, 0.2) is 12.1 Å². The third-order valence-electron chi connectivity index (χ3n) is 1.40. The molecule has 1 aromatic rings. The van der Waals surface area contributed by atoms with Crippen LogP contribution in [0.1, 0.15) is 0 Å². The summed E-state index contributed by atoms with van der Waals surface area (Å²) in [4.78, 5) is 0. The molecule has 0 unspecified atom stereocenters. The third-order valence-corrected chi connectivity index (χ3v) is 7.67. The predicted octanol–water partition coefficient (Wildman–Crippen LogP) is 4.14. The lowest BCUT2D eigenvalue weighted by molar-refractivity contribution is 0.609. The summed E-state index contributed by atoms with van der Waals surface area (Å²) in [6, 6.07) is 3.16. The summed E-state index contributed by atoms with van der Waals surface area (Å²) in [5.74, 6) is 0. The topological polar surface area (TPSA) is 37.4 Å². The Bertz CT molecular complexity index is 466. The molecule has 16 heavy (non-hydrogen) atoms. The molecule has 0 spiro atoms. The summed E-state index contributed by atoms with van der Waals surface area (Å²) < 4.78 is 23.1. The molecule has 0 saturated carbocycles. The number of nitrogens with zero attached hydrogens (tertiary/aromatic N) is 1. The highest BCUT2D eigenvalue weighted by Gasteiger charge is 2.33. The van der Waals surface area contributed by atoms with Crippen molar-refractivity contribution in [1.29, 1.82) is 0 Å². The van der Waals surface area contributed by atoms with Crippen LogP contribution in [0.4, 0.5) is 5.00 Å². The second-order valence-corrected chi connectivity index (χ2v) is 11.1. The van der Waals surface area contributed by atoms with Gasteiger partial charge in [-0.3, -0.25) is 4.31 Å². The Morgan fingerprint density at radius 1 is 1.38 bits per heavy atom. The quantitative estimate of drug-likeness (QED) is 0.600. The molecule has 0 radical (unpaired) electrons. The average molecular weight is 361 g/mol. The fourth-order valence-electron chi connectivity index (χ4n) is 0.759. The molecule has 0 aliphatic carbocycles. The van der Waals surface area contributed by atoms with Gasteiger partial charge >= 0.3 is 0 Å². The molecule has 1 rings (SSSR count). The number of rotatable bonds is 3. The van der Waals surface area contributed by atoms with E-state index in [0.29, 0.717) is 9.34 Å². The maximum Gasteiger partial charge on any atom is 0.293 e. The van der Waals surface area contributed by atoms with Crippen LogP contribution >= 0.6 is 68.5 Å². The first-order valence-corrected chi connectivity index (χ1v) is 8.73. The van der Waals surface area contributed by atoms with E-state index >= 15 is 0 Å². The molecule has 0 fully saturated rings. The fraction of sp³-hybridized carbons (Fsp3) is 0.333. The normalized spacial score (nSPS) is 12.8. The molecule has 1 heterocycles. The summed E-state index contributed by atoms with van der Waals surface area (Å²) in [6.07, 6.45) is 0. The molecule has 92 valence electrons. The second-order valence-electron chi connectivity index (χ2n) is 2.53. The monoisotopic (exact) mass is 359 g/mol. The second kappa shape index (κ2) is 5.30. The van der Waals surface area contributed by atoms with Gasteiger partial charge in [0.2, 0.25) is 0 Å². The van der Waals surface area contributed by atoms with Crippen LogP contribution in [-0.2, 0) is 9.06 Å². The minimum absolute atomic E-state index is 0.229. The van der Waals surface area contributed by atoms with Gasteiger partial charge in [0, 0.05) is 17.8 Å². The van der Waals surface area contributed by atoms with Gasteiger partial charge in [-0.1, -0.05) is 46.4 Å². The van der Waals surface area contributed by atoms with Gasteiger partial charge in [0.25, 0.3) is 12.2 Å². The Kier molecular flexibility index (Phi) is 4.98. The standard InChI is InChI=1S/C6H5Cl4NO2S3/c1-11(5-3-2-4(7)14-5)16(12,13)15-6(8,9)10/h2-3H,1H3. The lowest BCUT2D eigenvalue weighted by atomic mass is 10.6. The number of thiophene rings is 1. The molecular weight excluding hydrogens is 356 g/mol. The number of anilines is 1. The van der Waals surface area contributed by atoms with E-state index in [1.54, 1.807) is 12.1 Å². The predicted molar refractivity (Wildman–Crippen MR) is 74.5 cm³/mol. The van der Waals surface area contributed by atoms with Gasteiger partial charge in [-0.15, -0.1) is 11.3 Å². The SMILES string of the molecule is CN(c1ccc(Cl)s1)S(=O)(=O)SC(Cl)(Cl)Cl. The van der Waals surface area contributed by atoms with Crippen molar-refractivity contribution in [2.75, 3.05) is 11.4 Å². The summed E-state index contributed by atoms with van der Waals surface area (Å²) in [7, 11) is -2.16. The van der Waals surface area contributed by atoms with Gasteiger partial charge in [-0.25, -0.2) is 0 Å². The van der Waals surface area contributed by atoms with Gasteiger partial charge in [0.05, 0.1) is 4.34 Å². The molecular formula is C6H5Cl4NO2S3. The molecule has 0 N–H and O–H groups in total. The van der Waals surface area contributed by atoms with E-state index in [9.17, 15) is 8.42 Å². The Morgan fingerprint density at radius 2 is 1.94 bits per heavy atom. The van der Waals surface area contributed by atoms with Crippen molar-refractivity contribution in [3.05, 3.63) is 16.5 Å². The van der Waals surface area contributed by atoms with Crippen molar-refractivity contribution in [3.63, 3.8) is 0 Å². The van der Waals surface area contributed by atoms with Crippen molar-refractivity contribution in [2.45, 2.75) is 3.12 Å². The lowest BCUT2D eigenvalue weighted by Crippen LogP contribution is -2.24. The average Bonchev–Trinajstić information content (AvgIpc) is 2.45. The Hall–Kier alpha value is 0.960. The summed E-state index contributed by atoms with van der Waals surface area (Å²) >= 11 is 23.1. The van der Waals surface area contributed by atoms with Gasteiger partial charge in [-0.2, -0.15) is 8.42 Å². The van der Waals surface area contributed by atoms with Crippen molar-refractivity contribution in [2.24, 2.45) is 0 Å². The zero-order valence-electron chi connectivity index (χ0n) is 7.66. The van der Waals surface area contributed by atoms with E-state index in [-0.39, 0.29) is 10.8 Å². The first kappa shape index (κ1) is 15.0. The third kappa shape index (κ3) is 4.33. The molecule has 0 bridgehead atoms. The van der Waals surface area contributed by atoms with Crippen molar-refractivity contribution in [1.82, 2.24) is 0 Å². The minimum atomic E-state index is -3.75. The largest absolute Gasteiger partial charge is 0.293 e. The molecule has 0 aromatic carbocycles. The zero-order chi connectivity index (χ0) is 12.6. The maximum absolute atomic E-state index is 11.8. The smallest absolute Gasteiger partial charge is 0.255 e. The lowest BCUT2D eigenvalue weighted by Gasteiger charge is -2.19. The molecule has 0 aliphatic heterocycles. The van der Waals surface area contributed by atoms with Crippen LogP contribution in [0.25, 0.3) is 0 Å². The highest BCUT2D eigenvalue weighted by Crippen LogP contribution is 2.44.